The summed E-state index contributed by atoms with van der Waals surface area (Å²) in [6.45, 7) is -0.756. The zero-order valence-electron chi connectivity index (χ0n) is 23.0. The molecule has 14 heteroatoms. The third-order valence-corrected chi connectivity index (χ3v) is 7.58. The number of nitrogens with one attached hydrogen (secondary N) is 1. The summed E-state index contributed by atoms with van der Waals surface area (Å²) in [7, 11) is 1.49. The van der Waals surface area contributed by atoms with Crippen molar-refractivity contribution < 1.29 is 31.1 Å². The number of ether oxygens (including phenoxy) is 1. The molecule has 226 valence electrons. The van der Waals surface area contributed by atoms with Crippen molar-refractivity contribution in [2.45, 2.75) is 24.9 Å². The number of hydrogen-bond donors (Lipinski definition) is 1. The van der Waals surface area contributed by atoms with Crippen LogP contribution in [0.5, 0.6) is 5.88 Å². The lowest BCUT2D eigenvalue weighted by Crippen LogP contribution is -2.51. The third-order valence-electron chi connectivity index (χ3n) is 7.58. The van der Waals surface area contributed by atoms with Gasteiger partial charge in [0, 0.05) is 38.1 Å². The highest BCUT2D eigenvalue weighted by atomic mass is 19.4. The molecule has 1 saturated heterocycles. The number of fused-ring (bicyclic) bond motifs is 2. The number of aromatic nitrogens is 5. The van der Waals surface area contributed by atoms with Gasteiger partial charge >= 0.3 is 12.4 Å². The van der Waals surface area contributed by atoms with Gasteiger partial charge in [0.05, 0.1) is 53.7 Å². The topological polar surface area (TPSA) is 75.1 Å². The number of piperazine rings is 1. The fraction of sp³-hybridized carbons (Fsp3) is 0.345. The number of aromatic amines is 1. The van der Waals surface area contributed by atoms with Gasteiger partial charge in [-0.15, -0.1) is 0 Å². The molecule has 1 fully saturated rings. The van der Waals surface area contributed by atoms with Gasteiger partial charge in [-0.05, 0) is 24.3 Å². The number of H-pyrrole nitrogens is 1. The molecule has 0 aliphatic carbocycles. The minimum absolute atomic E-state index is 0.0175. The van der Waals surface area contributed by atoms with Crippen LogP contribution >= 0.6 is 0 Å². The number of alkyl halides is 6. The number of imidazole rings is 2. The molecule has 6 rings (SSSR count). The lowest BCUT2D eigenvalue weighted by atomic mass is 10.1. The van der Waals surface area contributed by atoms with Crippen LogP contribution in [-0.4, -0.2) is 80.3 Å². The summed E-state index contributed by atoms with van der Waals surface area (Å²) >= 11 is 0. The Morgan fingerprint density at radius 2 is 1.67 bits per heavy atom. The van der Waals surface area contributed by atoms with Gasteiger partial charge in [0.25, 0.3) is 0 Å². The average molecular weight is 604 g/mol. The minimum Gasteiger partial charge on any atom is -0.480 e. The Morgan fingerprint density at radius 3 is 2.42 bits per heavy atom. The van der Waals surface area contributed by atoms with Crippen LogP contribution in [-0.2, 0) is 12.7 Å². The van der Waals surface area contributed by atoms with Crippen LogP contribution in [0.15, 0.2) is 60.8 Å². The molecule has 0 unspecified atom stereocenters. The predicted molar refractivity (Wildman–Crippen MR) is 147 cm³/mol. The number of halogens is 6. The van der Waals surface area contributed by atoms with E-state index in [0.29, 0.717) is 28.5 Å². The molecule has 43 heavy (non-hydrogen) atoms. The molecule has 0 spiro atoms. The van der Waals surface area contributed by atoms with Gasteiger partial charge in [-0.2, -0.15) is 26.3 Å². The molecule has 8 nitrogen and oxygen atoms in total. The molecule has 0 bridgehead atoms. The molecular formula is C29H27F6N7O. The van der Waals surface area contributed by atoms with E-state index in [2.05, 4.69) is 19.9 Å². The summed E-state index contributed by atoms with van der Waals surface area (Å²) in [6, 6.07) is 15.1. The molecule has 0 radical (unpaired) electrons. The van der Waals surface area contributed by atoms with Crippen molar-refractivity contribution >= 4 is 21.9 Å². The highest BCUT2D eigenvalue weighted by molar-refractivity contribution is 5.85. The lowest BCUT2D eigenvalue weighted by molar-refractivity contribution is -0.152. The van der Waals surface area contributed by atoms with Crippen molar-refractivity contribution in [1.82, 2.24) is 34.3 Å². The second-order valence-electron chi connectivity index (χ2n) is 10.4. The van der Waals surface area contributed by atoms with Crippen molar-refractivity contribution in [3.05, 3.63) is 72.4 Å². The minimum atomic E-state index is -4.67. The van der Waals surface area contributed by atoms with Crippen LogP contribution in [0.2, 0.25) is 0 Å². The van der Waals surface area contributed by atoms with Crippen LogP contribution in [0.3, 0.4) is 0 Å². The second kappa shape index (κ2) is 11.2. The van der Waals surface area contributed by atoms with Gasteiger partial charge in [0.15, 0.2) is 0 Å². The molecule has 1 N–H and O–H groups in total. The molecule has 5 aromatic rings. The molecule has 1 aliphatic heterocycles. The molecule has 3 aromatic heterocycles. The summed E-state index contributed by atoms with van der Waals surface area (Å²) < 4.78 is 88.3. The van der Waals surface area contributed by atoms with Crippen LogP contribution in [0.4, 0.5) is 26.3 Å². The zero-order valence-corrected chi connectivity index (χ0v) is 23.0. The molecule has 0 amide bonds. The summed E-state index contributed by atoms with van der Waals surface area (Å²) in [5.74, 6) is -0.277. The monoisotopic (exact) mass is 603 g/mol. The number of para-hydroxylation sites is 3. The first-order chi connectivity index (χ1) is 20.5. The first-order valence-electron chi connectivity index (χ1n) is 13.5. The van der Waals surface area contributed by atoms with Crippen LogP contribution in [0.1, 0.15) is 17.7 Å². The smallest absolute Gasteiger partial charge is 0.449 e. The number of benzene rings is 2. The highest BCUT2D eigenvalue weighted by Gasteiger charge is 2.39. The van der Waals surface area contributed by atoms with Gasteiger partial charge in [-0.1, -0.05) is 30.3 Å². The molecule has 4 heterocycles. The summed E-state index contributed by atoms with van der Waals surface area (Å²) in [6.07, 6.45) is -7.51. The van der Waals surface area contributed by atoms with E-state index < -0.39 is 30.8 Å². The molecular weight excluding hydrogens is 576 g/mol. The third kappa shape index (κ3) is 6.02. The Kier molecular flexibility index (Phi) is 7.50. The van der Waals surface area contributed by atoms with E-state index in [0.717, 1.165) is 15.5 Å². The van der Waals surface area contributed by atoms with Gasteiger partial charge in [0.1, 0.15) is 5.82 Å². The van der Waals surface area contributed by atoms with E-state index in [4.69, 9.17) is 4.74 Å². The Hall–Kier alpha value is -4.17. The first kappa shape index (κ1) is 28.9. The maximum Gasteiger partial charge on any atom is 0.449 e. The van der Waals surface area contributed by atoms with Crippen molar-refractivity contribution in [3.8, 4) is 17.1 Å². The number of hydrogen-bond acceptors (Lipinski definition) is 6. The summed E-state index contributed by atoms with van der Waals surface area (Å²) in [4.78, 5) is 19.3. The predicted octanol–water partition coefficient (Wildman–Crippen LogP) is 5.92. The molecule has 1 atom stereocenters. The molecule has 1 aliphatic rings. The Balaban J connectivity index is 1.32. The van der Waals surface area contributed by atoms with E-state index in [1.165, 1.54) is 18.1 Å². The largest absolute Gasteiger partial charge is 0.480 e. The van der Waals surface area contributed by atoms with Gasteiger partial charge in [-0.3, -0.25) is 9.80 Å². The Morgan fingerprint density at radius 1 is 0.930 bits per heavy atom. The molecule has 2 aromatic carbocycles. The van der Waals surface area contributed by atoms with Crippen molar-refractivity contribution in [1.29, 1.82) is 0 Å². The Bertz CT molecular complexity index is 1750. The van der Waals surface area contributed by atoms with Gasteiger partial charge < -0.3 is 14.3 Å². The number of methoxy groups -OCH3 is 1. The van der Waals surface area contributed by atoms with Crippen LogP contribution in [0, 0.1) is 0 Å². The first-order valence-corrected chi connectivity index (χ1v) is 13.5. The standard InChI is InChI=1S/C29H27F6N7O/c1-43-26-19(14-18-6-2-3-7-20(18)38-26)22-15-36-25(37-22)24-16-40(17-28(30,31)32)10-11-41(24)12-13-42-23-9-5-4-8-21(23)39-27(42)29(33,34)35/h2-9,14-15,24H,10-13,16-17H2,1H3,(H,36,37)/t24-/m0/s1. The fourth-order valence-corrected chi connectivity index (χ4v) is 5.64. The highest BCUT2D eigenvalue weighted by Crippen LogP contribution is 2.34. The van der Waals surface area contributed by atoms with Crippen LogP contribution < -0.4 is 4.74 Å². The summed E-state index contributed by atoms with van der Waals surface area (Å²) in [5, 5.41) is 0.859. The maximum atomic E-state index is 13.9. The van der Waals surface area contributed by atoms with E-state index in [1.54, 1.807) is 24.4 Å². The van der Waals surface area contributed by atoms with Crippen molar-refractivity contribution in [3.63, 3.8) is 0 Å². The summed E-state index contributed by atoms with van der Waals surface area (Å²) in [5.41, 5.74) is 2.45. The van der Waals surface area contributed by atoms with Crippen molar-refractivity contribution in [2.24, 2.45) is 0 Å². The van der Waals surface area contributed by atoms with Gasteiger partial charge in [0.2, 0.25) is 11.7 Å². The van der Waals surface area contributed by atoms with E-state index in [1.807, 2.05) is 35.2 Å². The number of pyridine rings is 1. The fourth-order valence-electron chi connectivity index (χ4n) is 5.64. The average Bonchev–Trinajstić information content (AvgIpc) is 3.60. The van der Waals surface area contributed by atoms with E-state index in [-0.39, 0.29) is 38.2 Å². The number of rotatable bonds is 7. The lowest BCUT2D eigenvalue weighted by Gasteiger charge is -2.40. The number of nitrogens with zero attached hydrogens (tertiary/aromatic N) is 6. The maximum absolute atomic E-state index is 13.9. The van der Waals surface area contributed by atoms with Gasteiger partial charge in [-0.25, -0.2) is 15.0 Å². The SMILES string of the molecule is COc1nc2ccccc2cc1-c1cnc([C@@H]2CN(CC(F)(F)F)CCN2CCn2c(C(F)(F)F)nc3ccccc32)[nH]1. The van der Waals surface area contributed by atoms with Crippen LogP contribution in [0.25, 0.3) is 33.2 Å². The Labute approximate surface area is 241 Å². The van der Waals surface area contributed by atoms with E-state index >= 15 is 0 Å². The van der Waals surface area contributed by atoms with E-state index in [9.17, 15) is 26.3 Å². The quantitative estimate of drug-likeness (QED) is 0.233. The normalized spacial score (nSPS) is 17.2. The second-order valence-corrected chi connectivity index (χ2v) is 10.4. The molecule has 0 saturated carbocycles. The van der Waals surface area contributed by atoms with Crippen molar-refractivity contribution in [2.75, 3.05) is 39.8 Å². The zero-order chi connectivity index (χ0) is 30.4.